The smallest absolute Gasteiger partial charge is 0.306 e. The first kappa shape index (κ1) is 56.8. The van der Waals surface area contributed by atoms with E-state index in [9.17, 15) is 19.0 Å². The summed E-state index contributed by atoms with van der Waals surface area (Å²) in [6, 6.07) is 0. The van der Waals surface area contributed by atoms with E-state index in [1.807, 2.05) is 21.1 Å². The van der Waals surface area contributed by atoms with Crippen molar-refractivity contribution >= 4 is 19.8 Å². The van der Waals surface area contributed by atoms with Crippen LogP contribution >= 0.6 is 7.82 Å². The van der Waals surface area contributed by atoms with Gasteiger partial charge in [0.05, 0.1) is 27.7 Å². The van der Waals surface area contributed by atoms with E-state index in [4.69, 9.17) is 18.5 Å². The Morgan fingerprint density at radius 2 is 0.879 bits per heavy atom. The topological polar surface area (TPSA) is 111 Å². The molecule has 0 aliphatic carbocycles. The number of nitrogens with zero attached hydrogens (tertiary/aromatic N) is 1. The summed E-state index contributed by atoms with van der Waals surface area (Å²) < 4.78 is 34.0. The third-order valence-corrected chi connectivity index (χ3v) is 11.7. The van der Waals surface area contributed by atoms with E-state index in [0.717, 1.165) is 44.9 Å². The molecule has 0 fully saturated rings. The third kappa shape index (κ3) is 44.3. The molecule has 0 aromatic rings. The molecule has 0 radical (unpaired) electrons. The van der Waals surface area contributed by atoms with Gasteiger partial charge in [-0.3, -0.25) is 14.2 Å². The molecule has 58 heavy (non-hydrogen) atoms. The first-order chi connectivity index (χ1) is 28.0. The van der Waals surface area contributed by atoms with Crippen molar-refractivity contribution in [3.05, 3.63) is 12.2 Å². The van der Waals surface area contributed by atoms with Crippen molar-refractivity contribution in [2.45, 2.75) is 238 Å². The van der Waals surface area contributed by atoms with E-state index in [1.54, 1.807) is 0 Å². The number of carbonyl (C=O) groups is 2. The molecule has 0 bridgehead atoms. The van der Waals surface area contributed by atoms with Crippen LogP contribution in [0, 0.1) is 0 Å². The molecule has 0 amide bonds. The van der Waals surface area contributed by atoms with Crippen molar-refractivity contribution in [1.29, 1.82) is 0 Å². The molecule has 0 rings (SSSR count). The number of quaternary nitrogens is 1. The van der Waals surface area contributed by atoms with E-state index in [0.29, 0.717) is 17.4 Å². The van der Waals surface area contributed by atoms with Crippen LogP contribution in [0.2, 0.25) is 0 Å². The van der Waals surface area contributed by atoms with Gasteiger partial charge < -0.3 is 27.9 Å². The maximum Gasteiger partial charge on any atom is 0.306 e. The van der Waals surface area contributed by atoms with Crippen LogP contribution in [-0.4, -0.2) is 70.0 Å². The summed E-state index contributed by atoms with van der Waals surface area (Å²) >= 11 is 0. The van der Waals surface area contributed by atoms with Gasteiger partial charge in [-0.05, 0) is 38.5 Å². The summed E-state index contributed by atoms with van der Waals surface area (Å²) in [5, 5.41) is 0. The minimum Gasteiger partial charge on any atom is -0.756 e. The zero-order valence-electron chi connectivity index (χ0n) is 38.8. The number of rotatable bonds is 45. The minimum atomic E-state index is -4.62. The Balaban J connectivity index is 4.25. The van der Waals surface area contributed by atoms with Gasteiger partial charge in [-0.15, -0.1) is 0 Å². The molecular weight excluding hydrogens is 750 g/mol. The predicted molar refractivity (Wildman–Crippen MR) is 241 cm³/mol. The van der Waals surface area contributed by atoms with Gasteiger partial charge in [0.2, 0.25) is 0 Å². The first-order valence-electron chi connectivity index (χ1n) is 24.4. The Hall–Kier alpha value is -1.25. The molecule has 0 spiro atoms. The Bertz CT molecular complexity index is 1000. The molecule has 0 aliphatic rings. The molecule has 1 unspecified atom stereocenters. The number of phosphoric ester groups is 1. The van der Waals surface area contributed by atoms with Gasteiger partial charge in [0.1, 0.15) is 19.8 Å². The van der Waals surface area contributed by atoms with Gasteiger partial charge in [-0.25, -0.2) is 0 Å². The quantitative estimate of drug-likeness (QED) is 0.0196. The zero-order chi connectivity index (χ0) is 42.8. The van der Waals surface area contributed by atoms with Crippen LogP contribution in [0.5, 0.6) is 0 Å². The Kier molecular flexibility index (Phi) is 40.2. The first-order valence-corrected chi connectivity index (χ1v) is 25.9. The maximum absolute atomic E-state index is 12.7. The molecule has 0 N–H and O–H groups in total. The van der Waals surface area contributed by atoms with E-state index in [-0.39, 0.29) is 32.0 Å². The Labute approximate surface area is 358 Å². The van der Waals surface area contributed by atoms with Gasteiger partial charge in [0, 0.05) is 12.8 Å². The van der Waals surface area contributed by atoms with Crippen LogP contribution < -0.4 is 4.89 Å². The van der Waals surface area contributed by atoms with Gasteiger partial charge in [0.25, 0.3) is 7.82 Å². The fraction of sp³-hybridized carbons (Fsp3) is 0.917. The summed E-state index contributed by atoms with van der Waals surface area (Å²) in [7, 11) is 1.18. The van der Waals surface area contributed by atoms with Crippen molar-refractivity contribution < 1.29 is 42.1 Å². The number of phosphoric acid groups is 1. The van der Waals surface area contributed by atoms with E-state index in [2.05, 4.69) is 26.0 Å². The zero-order valence-corrected chi connectivity index (χ0v) is 39.7. The molecule has 0 heterocycles. The number of allylic oxidation sites excluding steroid dienone is 2. The number of ether oxygens (including phenoxy) is 2. The largest absolute Gasteiger partial charge is 0.756 e. The van der Waals surface area contributed by atoms with Crippen LogP contribution in [0.1, 0.15) is 232 Å². The Morgan fingerprint density at radius 3 is 1.29 bits per heavy atom. The summed E-state index contributed by atoms with van der Waals surface area (Å²) in [6.07, 6.45) is 43.8. The van der Waals surface area contributed by atoms with Crippen LogP contribution in [-0.2, 0) is 32.7 Å². The van der Waals surface area contributed by atoms with Crippen molar-refractivity contribution in [2.75, 3.05) is 47.5 Å². The lowest BCUT2D eigenvalue weighted by Gasteiger charge is -2.28. The summed E-state index contributed by atoms with van der Waals surface area (Å²) in [5.74, 6) is -0.826. The lowest BCUT2D eigenvalue weighted by Crippen LogP contribution is -2.37. The van der Waals surface area contributed by atoms with E-state index < -0.39 is 26.5 Å². The van der Waals surface area contributed by atoms with Gasteiger partial charge in [-0.2, -0.15) is 0 Å². The fourth-order valence-electron chi connectivity index (χ4n) is 6.95. The highest BCUT2D eigenvalue weighted by Gasteiger charge is 2.21. The standard InChI is InChI=1S/C48H94NO8P/c1-6-8-10-12-14-16-18-20-22-23-24-25-27-29-31-33-35-37-39-41-48(51)57-46(45-56-58(52,53)55-43-42-49(3,4)5)44-54-47(50)40-38-36-34-32-30-28-26-21-19-17-15-13-11-9-7-2/h17,19,46H,6-16,18,20-45H2,1-5H3/b19-17-/t46-/m1/s1. The number of esters is 2. The highest BCUT2D eigenvalue weighted by molar-refractivity contribution is 7.45. The van der Waals surface area contributed by atoms with Gasteiger partial charge >= 0.3 is 11.9 Å². The third-order valence-electron chi connectivity index (χ3n) is 10.8. The molecule has 0 saturated heterocycles. The van der Waals surface area contributed by atoms with Crippen LogP contribution in [0.25, 0.3) is 0 Å². The van der Waals surface area contributed by atoms with Crippen molar-refractivity contribution in [1.82, 2.24) is 0 Å². The van der Waals surface area contributed by atoms with Gasteiger partial charge in [0.15, 0.2) is 6.10 Å². The highest BCUT2D eigenvalue weighted by atomic mass is 31.2. The summed E-state index contributed by atoms with van der Waals surface area (Å²) in [4.78, 5) is 37.6. The van der Waals surface area contributed by atoms with Crippen LogP contribution in [0.4, 0.5) is 0 Å². The summed E-state index contributed by atoms with van der Waals surface area (Å²) in [6.45, 7) is 4.25. The van der Waals surface area contributed by atoms with Gasteiger partial charge in [-0.1, -0.05) is 193 Å². The number of likely N-dealkylation sites (N-methyl/N-ethyl adjacent to an activating group) is 1. The average Bonchev–Trinajstić information content (AvgIpc) is 3.17. The highest BCUT2D eigenvalue weighted by Crippen LogP contribution is 2.38. The van der Waals surface area contributed by atoms with Crippen molar-refractivity contribution in [3.63, 3.8) is 0 Å². The second kappa shape index (κ2) is 41.1. The van der Waals surface area contributed by atoms with E-state index in [1.165, 1.54) is 154 Å². The van der Waals surface area contributed by atoms with Crippen molar-refractivity contribution in [3.8, 4) is 0 Å². The number of hydrogen-bond donors (Lipinski definition) is 0. The van der Waals surface area contributed by atoms with Crippen molar-refractivity contribution in [2.24, 2.45) is 0 Å². The lowest BCUT2D eigenvalue weighted by atomic mass is 10.0. The second-order valence-electron chi connectivity index (χ2n) is 17.8. The maximum atomic E-state index is 12.7. The lowest BCUT2D eigenvalue weighted by molar-refractivity contribution is -0.870. The summed E-state index contributed by atoms with van der Waals surface area (Å²) in [5.41, 5.74) is 0. The van der Waals surface area contributed by atoms with Crippen LogP contribution in [0.3, 0.4) is 0 Å². The van der Waals surface area contributed by atoms with Crippen LogP contribution in [0.15, 0.2) is 12.2 Å². The monoisotopic (exact) mass is 844 g/mol. The minimum absolute atomic E-state index is 0.0281. The number of unbranched alkanes of at least 4 members (excludes halogenated alkanes) is 29. The second-order valence-corrected chi connectivity index (χ2v) is 19.2. The normalized spacial score (nSPS) is 13.6. The number of hydrogen-bond acceptors (Lipinski definition) is 8. The molecule has 344 valence electrons. The molecular formula is C48H94NO8P. The fourth-order valence-corrected chi connectivity index (χ4v) is 7.67. The average molecular weight is 844 g/mol. The molecule has 0 aromatic carbocycles. The molecule has 0 saturated carbocycles. The molecule has 9 nitrogen and oxygen atoms in total. The molecule has 0 aliphatic heterocycles. The molecule has 2 atom stereocenters. The predicted octanol–water partition coefficient (Wildman–Crippen LogP) is 13.5. The Morgan fingerprint density at radius 1 is 0.517 bits per heavy atom. The molecule has 10 heteroatoms. The number of carbonyl (C=O) groups excluding carboxylic acids is 2. The molecule has 0 aromatic heterocycles. The SMILES string of the molecule is CCCCCC/C=C\CCCCCCCCCC(=O)OC[C@H](COP(=O)([O-])OCC[N+](C)(C)C)OC(=O)CCCCCCCCCCCCCCCCCCCCC. The van der Waals surface area contributed by atoms with E-state index >= 15 is 0 Å².